The number of guanidine groups is 1. The van der Waals surface area contributed by atoms with Gasteiger partial charge in [-0.3, -0.25) is 0 Å². The molecule has 0 spiro atoms. The van der Waals surface area contributed by atoms with Crippen molar-refractivity contribution >= 4 is 28.9 Å². The number of nitrogens with zero attached hydrogens (tertiary/aromatic N) is 2. The third-order valence-corrected chi connectivity index (χ3v) is 4.88. The second-order valence-electron chi connectivity index (χ2n) is 5.15. The standard InChI is InChI=1S/C17H22ClFN4S/c1-3-12-10-22-16(24-12)11-23-17(20-4-2)21-9-8-13-14(18)6-5-7-15(13)19/h5-7,10H,3-4,8-9,11H2,1-2H3,(H2,20,21,23). The topological polar surface area (TPSA) is 49.3 Å². The molecular formula is C17H22ClFN4S. The molecule has 2 rings (SSSR count). The Morgan fingerprint density at radius 2 is 2.17 bits per heavy atom. The van der Waals surface area contributed by atoms with Gasteiger partial charge in [0.25, 0.3) is 0 Å². The smallest absolute Gasteiger partial charge is 0.191 e. The van der Waals surface area contributed by atoms with Gasteiger partial charge in [0.2, 0.25) is 0 Å². The lowest BCUT2D eigenvalue weighted by Crippen LogP contribution is -2.38. The van der Waals surface area contributed by atoms with Gasteiger partial charge in [-0.15, -0.1) is 11.3 Å². The van der Waals surface area contributed by atoms with Crippen molar-refractivity contribution in [3.8, 4) is 0 Å². The monoisotopic (exact) mass is 368 g/mol. The molecule has 2 N–H and O–H groups in total. The minimum absolute atomic E-state index is 0.277. The predicted octanol–water partition coefficient (Wildman–Crippen LogP) is 3.80. The van der Waals surface area contributed by atoms with Crippen LogP contribution in [0.1, 0.15) is 29.3 Å². The van der Waals surface area contributed by atoms with Crippen LogP contribution < -0.4 is 10.6 Å². The highest BCUT2D eigenvalue weighted by Crippen LogP contribution is 2.19. The summed E-state index contributed by atoms with van der Waals surface area (Å²) in [7, 11) is 0. The van der Waals surface area contributed by atoms with Gasteiger partial charge in [0.05, 0.1) is 6.54 Å². The molecule has 0 saturated carbocycles. The summed E-state index contributed by atoms with van der Waals surface area (Å²) >= 11 is 7.72. The van der Waals surface area contributed by atoms with Crippen LogP contribution in [0.3, 0.4) is 0 Å². The van der Waals surface area contributed by atoms with Crippen molar-refractivity contribution in [2.45, 2.75) is 33.2 Å². The van der Waals surface area contributed by atoms with E-state index in [0.717, 1.165) is 18.0 Å². The van der Waals surface area contributed by atoms with Crippen LogP contribution >= 0.6 is 22.9 Å². The fourth-order valence-corrected chi connectivity index (χ4v) is 3.19. The summed E-state index contributed by atoms with van der Waals surface area (Å²) < 4.78 is 13.8. The molecule has 0 bridgehead atoms. The Morgan fingerprint density at radius 1 is 1.33 bits per heavy atom. The Bertz CT molecular complexity index is 667. The van der Waals surface area contributed by atoms with Gasteiger partial charge < -0.3 is 10.6 Å². The van der Waals surface area contributed by atoms with Gasteiger partial charge in [-0.2, -0.15) is 0 Å². The number of benzene rings is 1. The van der Waals surface area contributed by atoms with E-state index in [2.05, 4.69) is 27.5 Å². The van der Waals surface area contributed by atoms with Crippen molar-refractivity contribution in [3.63, 3.8) is 0 Å². The number of nitrogens with one attached hydrogen (secondary N) is 2. The third kappa shape index (κ3) is 5.46. The average Bonchev–Trinajstić information content (AvgIpc) is 3.03. The summed E-state index contributed by atoms with van der Waals surface area (Å²) in [4.78, 5) is 10.1. The molecule has 0 amide bonds. The highest BCUT2D eigenvalue weighted by Gasteiger charge is 2.07. The Labute approximate surface area is 151 Å². The molecule has 1 aromatic carbocycles. The summed E-state index contributed by atoms with van der Waals surface area (Å²) in [5.41, 5.74) is 0.523. The molecule has 0 radical (unpaired) electrons. The second kappa shape index (κ2) is 9.59. The van der Waals surface area contributed by atoms with Crippen LogP contribution in [0.15, 0.2) is 29.4 Å². The predicted molar refractivity (Wildman–Crippen MR) is 99.4 cm³/mol. The number of rotatable bonds is 7. The zero-order valence-electron chi connectivity index (χ0n) is 13.9. The first-order chi connectivity index (χ1) is 11.6. The Morgan fingerprint density at radius 3 is 2.83 bits per heavy atom. The van der Waals surface area contributed by atoms with E-state index in [-0.39, 0.29) is 5.82 Å². The first-order valence-corrected chi connectivity index (χ1v) is 9.22. The van der Waals surface area contributed by atoms with Gasteiger partial charge in [0.15, 0.2) is 5.96 Å². The molecule has 24 heavy (non-hydrogen) atoms. The number of hydrogen-bond acceptors (Lipinski definition) is 3. The summed E-state index contributed by atoms with van der Waals surface area (Å²) in [5, 5.41) is 7.82. The molecule has 1 heterocycles. The highest BCUT2D eigenvalue weighted by atomic mass is 35.5. The maximum atomic E-state index is 13.8. The second-order valence-corrected chi connectivity index (χ2v) is 6.75. The van der Waals surface area contributed by atoms with Crippen LogP contribution in [0.2, 0.25) is 5.02 Å². The number of aryl methyl sites for hydroxylation is 1. The molecule has 0 aliphatic carbocycles. The van der Waals surface area contributed by atoms with Gasteiger partial charge in [-0.05, 0) is 31.9 Å². The highest BCUT2D eigenvalue weighted by molar-refractivity contribution is 7.11. The molecule has 1 aromatic heterocycles. The van der Waals surface area contributed by atoms with Gasteiger partial charge in [0, 0.05) is 34.7 Å². The van der Waals surface area contributed by atoms with Crippen molar-refractivity contribution in [2.24, 2.45) is 4.99 Å². The van der Waals surface area contributed by atoms with E-state index in [0.29, 0.717) is 36.1 Å². The van der Waals surface area contributed by atoms with Crippen molar-refractivity contribution in [3.05, 3.63) is 50.7 Å². The number of aromatic nitrogens is 1. The van der Waals surface area contributed by atoms with Gasteiger partial charge >= 0.3 is 0 Å². The Kier molecular flexibility index (Phi) is 7.46. The van der Waals surface area contributed by atoms with E-state index in [1.807, 2.05) is 13.1 Å². The molecule has 130 valence electrons. The van der Waals surface area contributed by atoms with Crippen LogP contribution in [0.5, 0.6) is 0 Å². The third-order valence-electron chi connectivity index (χ3n) is 3.40. The zero-order chi connectivity index (χ0) is 17.4. The van der Waals surface area contributed by atoms with Gasteiger partial charge in [-0.25, -0.2) is 14.4 Å². The summed E-state index contributed by atoms with van der Waals surface area (Å²) in [6, 6.07) is 4.74. The van der Waals surface area contributed by atoms with Crippen LogP contribution in [0.4, 0.5) is 4.39 Å². The molecule has 2 aromatic rings. The Balaban J connectivity index is 1.91. The van der Waals surface area contributed by atoms with Gasteiger partial charge in [-0.1, -0.05) is 24.6 Å². The molecular weight excluding hydrogens is 347 g/mol. The molecule has 0 fully saturated rings. The van der Waals surface area contributed by atoms with Crippen molar-refractivity contribution < 1.29 is 4.39 Å². The molecule has 7 heteroatoms. The molecule has 0 aliphatic heterocycles. The zero-order valence-corrected chi connectivity index (χ0v) is 15.5. The minimum Gasteiger partial charge on any atom is -0.357 e. The summed E-state index contributed by atoms with van der Waals surface area (Å²) in [6.45, 7) is 5.94. The van der Waals surface area contributed by atoms with Crippen molar-refractivity contribution in [1.29, 1.82) is 0 Å². The maximum absolute atomic E-state index is 13.8. The molecule has 0 atom stereocenters. The number of halogens is 2. The average molecular weight is 369 g/mol. The van der Waals surface area contributed by atoms with Crippen LogP contribution in [-0.2, 0) is 19.4 Å². The fourth-order valence-electron chi connectivity index (χ4n) is 2.15. The first kappa shape index (κ1) is 18.7. The van der Waals surface area contributed by atoms with Crippen LogP contribution in [-0.4, -0.2) is 24.0 Å². The lowest BCUT2D eigenvalue weighted by Gasteiger charge is -2.12. The van der Waals surface area contributed by atoms with E-state index < -0.39 is 0 Å². The molecule has 0 unspecified atom stereocenters. The SMILES string of the molecule is CCNC(=NCc1ncc(CC)s1)NCCc1c(F)cccc1Cl. The molecule has 4 nitrogen and oxygen atoms in total. The summed E-state index contributed by atoms with van der Waals surface area (Å²) in [6.07, 6.45) is 3.38. The van der Waals surface area contributed by atoms with Crippen molar-refractivity contribution in [2.75, 3.05) is 13.1 Å². The maximum Gasteiger partial charge on any atom is 0.191 e. The largest absolute Gasteiger partial charge is 0.357 e. The quantitative estimate of drug-likeness (QED) is 0.577. The first-order valence-electron chi connectivity index (χ1n) is 8.02. The molecule has 0 saturated heterocycles. The van der Waals surface area contributed by atoms with Crippen LogP contribution in [0.25, 0.3) is 0 Å². The molecule has 0 aliphatic rings. The van der Waals surface area contributed by atoms with Crippen LogP contribution in [0, 0.1) is 5.82 Å². The van der Waals surface area contributed by atoms with Gasteiger partial charge in [0.1, 0.15) is 10.8 Å². The minimum atomic E-state index is -0.277. The fraction of sp³-hybridized carbons (Fsp3) is 0.412. The lowest BCUT2D eigenvalue weighted by molar-refractivity contribution is 0.607. The lowest BCUT2D eigenvalue weighted by atomic mass is 10.1. The van der Waals surface area contributed by atoms with E-state index >= 15 is 0 Å². The van der Waals surface area contributed by atoms with E-state index in [4.69, 9.17) is 11.6 Å². The number of aliphatic imine (C=N–C) groups is 1. The Hall–Kier alpha value is -1.66. The van der Waals surface area contributed by atoms with Crippen molar-refractivity contribution in [1.82, 2.24) is 15.6 Å². The normalized spacial score (nSPS) is 11.6. The number of hydrogen-bond donors (Lipinski definition) is 2. The van der Waals surface area contributed by atoms with E-state index in [1.54, 1.807) is 23.5 Å². The summed E-state index contributed by atoms with van der Waals surface area (Å²) in [5.74, 6) is 0.416. The van der Waals surface area contributed by atoms with E-state index in [1.165, 1.54) is 10.9 Å². The van der Waals surface area contributed by atoms with E-state index in [9.17, 15) is 4.39 Å². The number of thiazole rings is 1.